The van der Waals surface area contributed by atoms with Gasteiger partial charge in [-0.3, -0.25) is 4.79 Å². The molecule has 1 aliphatic rings. The number of hydrogen-bond acceptors (Lipinski definition) is 3. The van der Waals surface area contributed by atoms with Gasteiger partial charge in [0.25, 0.3) is 5.91 Å². The largest absolute Gasteiger partial charge is 0.436 e. The molecule has 1 aromatic heterocycles. The van der Waals surface area contributed by atoms with Gasteiger partial charge in [0, 0.05) is 16.3 Å². The van der Waals surface area contributed by atoms with Crippen molar-refractivity contribution in [2.24, 2.45) is 0 Å². The fourth-order valence-corrected chi connectivity index (χ4v) is 3.95. The first-order chi connectivity index (χ1) is 13.5. The number of anilines is 1. The highest BCUT2D eigenvalue weighted by Crippen LogP contribution is 2.36. The fraction of sp³-hybridized carbons (Fsp3) is 0.0909. The van der Waals surface area contributed by atoms with Crippen LogP contribution in [0, 0.1) is 6.92 Å². The lowest BCUT2D eigenvalue weighted by Gasteiger charge is -2.16. The molecule has 1 aliphatic heterocycles. The summed E-state index contributed by atoms with van der Waals surface area (Å²) in [4.78, 5) is 19.2. The van der Waals surface area contributed by atoms with Gasteiger partial charge in [-0.2, -0.15) is 0 Å². The number of rotatable bonds is 2. The van der Waals surface area contributed by atoms with Gasteiger partial charge in [0.05, 0.1) is 17.1 Å². The SMILES string of the molecule is Cc1cc(N2Cc3ccccc3C2=O)cc2nc(-c3cc(Cl)ccc3Cl)oc12. The highest BCUT2D eigenvalue weighted by molar-refractivity contribution is 6.35. The third kappa shape index (κ3) is 2.68. The van der Waals surface area contributed by atoms with Gasteiger partial charge in [0.2, 0.25) is 5.89 Å². The second-order valence-electron chi connectivity index (χ2n) is 6.80. The van der Waals surface area contributed by atoms with Crippen LogP contribution in [0.3, 0.4) is 0 Å². The summed E-state index contributed by atoms with van der Waals surface area (Å²) in [7, 11) is 0. The van der Waals surface area contributed by atoms with E-state index >= 15 is 0 Å². The van der Waals surface area contributed by atoms with E-state index in [1.807, 2.05) is 43.3 Å². The number of carbonyl (C=O) groups is 1. The zero-order chi connectivity index (χ0) is 19.4. The Balaban J connectivity index is 1.60. The summed E-state index contributed by atoms with van der Waals surface area (Å²) in [6.07, 6.45) is 0. The van der Waals surface area contributed by atoms with E-state index in [-0.39, 0.29) is 5.91 Å². The van der Waals surface area contributed by atoms with Gasteiger partial charge in [-0.1, -0.05) is 41.4 Å². The summed E-state index contributed by atoms with van der Waals surface area (Å²) in [5.41, 5.74) is 5.43. The average molecular weight is 409 g/mol. The van der Waals surface area contributed by atoms with Crippen LogP contribution >= 0.6 is 23.2 Å². The molecule has 0 bridgehead atoms. The molecule has 6 heteroatoms. The van der Waals surface area contributed by atoms with E-state index < -0.39 is 0 Å². The van der Waals surface area contributed by atoms with Gasteiger partial charge in [0.15, 0.2) is 5.58 Å². The van der Waals surface area contributed by atoms with E-state index in [9.17, 15) is 4.79 Å². The van der Waals surface area contributed by atoms with Crippen molar-refractivity contribution in [1.29, 1.82) is 0 Å². The minimum absolute atomic E-state index is 0.00375. The predicted molar refractivity (Wildman–Crippen MR) is 111 cm³/mol. The molecule has 1 amide bonds. The maximum absolute atomic E-state index is 12.8. The number of halogens is 2. The van der Waals surface area contributed by atoms with E-state index in [1.165, 1.54) is 0 Å². The van der Waals surface area contributed by atoms with Crippen LogP contribution in [0.4, 0.5) is 5.69 Å². The number of fused-ring (bicyclic) bond motifs is 2. The summed E-state index contributed by atoms with van der Waals surface area (Å²) in [5, 5.41) is 1.07. The predicted octanol–water partition coefficient (Wildman–Crippen LogP) is 6.27. The van der Waals surface area contributed by atoms with Crippen molar-refractivity contribution in [3.05, 3.63) is 81.3 Å². The molecule has 0 aliphatic carbocycles. The molecule has 0 atom stereocenters. The van der Waals surface area contributed by atoms with E-state index in [2.05, 4.69) is 4.98 Å². The number of aryl methyl sites for hydroxylation is 1. The van der Waals surface area contributed by atoms with Gasteiger partial charge >= 0.3 is 0 Å². The first-order valence-corrected chi connectivity index (χ1v) is 9.53. The zero-order valence-corrected chi connectivity index (χ0v) is 16.4. The number of aromatic nitrogens is 1. The van der Waals surface area contributed by atoms with Gasteiger partial charge in [-0.05, 0) is 54.4 Å². The Labute approximate surface area is 171 Å². The Kier molecular flexibility index (Phi) is 3.93. The minimum atomic E-state index is -0.00375. The second-order valence-corrected chi connectivity index (χ2v) is 7.65. The van der Waals surface area contributed by atoms with Crippen molar-refractivity contribution >= 4 is 45.9 Å². The highest BCUT2D eigenvalue weighted by Gasteiger charge is 2.28. The lowest BCUT2D eigenvalue weighted by Crippen LogP contribution is -2.23. The standard InChI is InChI=1S/C22H14Cl2N2O2/c1-12-8-15(26-11-13-4-2-3-5-16(13)22(26)27)10-19-20(12)28-21(25-19)17-9-14(23)6-7-18(17)24/h2-10H,11H2,1H3. The van der Waals surface area contributed by atoms with Gasteiger partial charge in [-0.25, -0.2) is 4.98 Å². The van der Waals surface area contributed by atoms with Crippen LogP contribution in [-0.2, 0) is 6.54 Å². The molecule has 0 N–H and O–H groups in total. The van der Waals surface area contributed by atoms with Gasteiger partial charge in [-0.15, -0.1) is 0 Å². The van der Waals surface area contributed by atoms with Crippen molar-refractivity contribution in [2.75, 3.05) is 4.90 Å². The smallest absolute Gasteiger partial charge is 0.258 e. The molecule has 0 fully saturated rings. The maximum Gasteiger partial charge on any atom is 0.258 e. The second kappa shape index (κ2) is 6.36. The third-order valence-electron chi connectivity index (χ3n) is 4.95. The van der Waals surface area contributed by atoms with Crippen molar-refractivity contribution in [3.63, 3.8) is 0 Å². The first kappa shape index (κ1) is 17.3. The Morgan fingerprint density at radius 2 is 1.86 bits per heavy atom. The third-order valence-corrected chi connectivity index (χ3v) is 5.52. The topological polar surface area (TPSA) is 46.3 Å². The Morgan fingerprint density at radius 3 is 2.68 bits per heavy atom. The molecule has 0 saturated carbocycles. The number of oxazole rings is 1. The van der Waals surface area contributed by atoms with Crippen LogP contribution in [0.25, 0.3) is 22.6 Å². The molecule has 0 spiro atoms. The van der Waals surface area contributed by atoms with E-state index in [0.717, 1.165) is 22.4 Å². The monoisotopic (exact) mass is 408 g/mol. The molecule has 138 valence electrons. The molecule has 3 aromatic carbocycles. The van der Waals surface area contributed by atoms with Crippen LogP contribution in [0.1, 0.15) is 21.5 Å². The molecule has 4 aromatic rings. The summed E-state index contributed by atoms with van der Waals surface area (Å²) in [6.45, 7) is 2.48. The van der Waals surface area contributed by atoms with Crippen LogP contribution in [0.15, 0.2) is 59.0 Å². The van der Waals surface area contributed by atoms with Crippen molar-refractivity contribution in [3.8, 4) is 11.5 Å². The minimum Gasteiger partial charge on any atom is -0.436 e. The molecular weight excluding hydrogens is 395 g/mol. The summed E-state index contributed by atoms with van der Waals surface area (Å²) in [5.74, 6) is 0.398. The lowest BCUT2D eigenvalue weighted by atomic mass is 10.1. The summed E-state index contributed by atoms with van der Waals surface area (Å²) >= 11 is 12.4. The highest BCUT2D eigenvalue weighted by atomic mass is 35.5. The summed E-state index contributed by atoms with van der Waals surface area (Å²) in [6, 6.07) is 16.6. The van der Waals surface area contributed by atoms with Crippen LogP contribution in [-0.4, -0.2) is 10.9 Å². The molecule has 28 heavy (non-hydrogen) atoms. The van der Waals surface area contributed by atoms with E-state index in [1.54, 1.807) is 23.1 Å². The Hall–Kier alpha value is -2.82. The van der Waals surface area contributed by atoms with Crippen LogP contribution in [0.5, 0.6) is 0 Å². The molecule has 5 rings (SSSR count). The van der Waals surface area contributed by atoms with Crippen molar-refractivity contribution < 1.29 is 9.21 Å². The summed E-state index contributed by atoms with van der Waals surface area (Å²) < 4.78 is 5.97. The Bertz CT molecular complexity index is 1260. The molecule has 0 unspecified atom stereocenters. The fourth-order valence-electron chi connectivity index (χ4n) is 3.58. The van der Waals surface area contributed by atoms with Gasteiger partial charge < -0.3 is 9.32 Å². The first-order valence-electron chi connectivity index (χ1n) is 8.77. The van der Waals surface area contributed by atoms with E-state index in [0.29, 0.717) is 39.1 Å². The van der Waals surface area contributed by atoms with Crippen molar-refractivity contribution in [2.45, 2.75) is 13.5 Å². The quantitative estimate of drug-likeness (QED) is 0.392. The number of benzene rings is 3. The molecule has 0 radical (unpaired) electrons. The normalized spacial score (nSPS) is 13.4. The van der Waals surface area contributed by atoms with Crippen LogP contribution < -0.4 is 4.90 Å². The molecular formula is C22H14Cl2N2O2. The van der Waals surface area contributed by atoms with E-state index in [4.69, 9.17) is 27.6 Å². The van der Waals surface area contributed by atoms with Crippen LogP contribution in [0.2, 0.25) is 10.0 Å². The molecule has 2 heterocycles. The number of nitrogens with zero attached hydrogens (tertiary/aromatic N) is 2. The number of carbonyl (C=O) groups excluding carboxylic acids is 1. The molecule has 4 nitrogen and oxygen atoms in total. The number of amides is 1. The van der Waals surface area contributed by atoms with Gasteiger partial charge in [0.1, 0.15) is 5.52 Å². The average Bonchev–Trinajstić information content (AvgIpc) is 3.26. The Morgan fingerprint density at radius 1 is 1.04 bits per heavy atom. The molecule has 0 saturated heterocycles. The maximum atomic E-state index is 12.8. The number of hydrogen-bond donors (Lipinski definition) is 0. The lowest BCUT2D eigenvalue weighted by molar-refractivity contribution is 0.0996. The zero-order valence-electron chi connectivity index (χ0n) is 14.9. The van der Waals surface area contributed by atoms with Crippen molar-refractivity contribution in [1.82, 2.24) is 4.98 Å².